The molecule has 1 unspecified atom stereocenters. The van der Waals surface area contributed by atoms with Crippen LogP contribution in [-0.2, 0) is 4.79 Å². The molecule has 0 aromatic heterocycles. The van der Waals surface area contributed by atoms with Gasteiger partial charge in [0.2, 0.25) is 5.91 Å². The van der Waals surface area contributed by atoms with Crippen molar-refractivity contribution in [3.05, 3.63) is 28.5 Å². The maximum Gasteiger partial charge on any atom is 0.225 e. The number of amides is 1. The lowest BCUT2D eigenvalue weighted by Gasteiger charge is -2.22. The maximum atomic E-state index is 13.0. The van der Waals surface area contributed by atoms with Crippen LogP contribution in [0, 0.1) is 5.82 Å². The molecule has 18 heavy (non-hydrogen) atoms. The Morgan fingerprint density at radius 1 is 1.61 bits per heavy atom. The third-order valence-corrected chi connectivity index (χ3v) is 4.37. The molecule has 3 nitrogen and oxygen atoms in total. The van der Waals surface area contributed by atoms with Gasteiger partial charge in [0.05, 0.1) is 4.47 Å². The lowest BCUT2D eigenvalue weighted by atomic mass is 10.2. The van der Waals surface area contributed by atoms with Crippen LogP contribution in [0.5, 0.6) is 0 Å². The zero-order valence-electron chi connectivity index (χ0n) is 9.71. The summed E-state index contributed by atoms with van der Waals surface area (Å²) in [5.74, 6) is 1.68. The Morgan fingerprint density at radius 3 is 3.11 bits per heavy atom. The number of anilines is 1. The van der Waals surface area contributed by atoms with Crippen LogP contribution in [0.1, 0.15) is 6.42 Å². The van der Waals surface area contributed by atoms with Crippen LogP contribution in [0.2, 0.25) is 0 Å². The molecule has 2 N–H and O–H groups in total. The van der Waals surface area contributed by atoms with E-state index in [1.54, 1.807) is 12.1 Å². The molecule has 0 radical (unpaired) electrons. The zero-order valence-corrected chi connectivity index (χ0v) is 12.1. The second-order valence-corrected chi connectivity index (χ2v) is 6.11. The molecule has 2 rings (SSSR count). The molecule has 1 amide bonds. The number of nitrogens with one attached hydrogen (secondary N) is 2. The summed E-state index contributed by atoms with van der Waals surface area (Å²) < 4.78 is 13.4. The lowest BCUT2D eigenvalue weighted by molar-refractivity contribution is -0.116. The van der Waals surface area contributed by atoms with Crippen molar-refractivity contribution in [1.82, 2.24) is 5.32 Å². The van der Waals surface area contributed by atoms with Gasteiger partial charge < -0.3 is 10.6 Å². The Balaban J connectivity index is 1.88. The second kappa shape index (κ2) is 6.54. The molecular formula is C12H14BrFN2OS. The van der Waals surface area contributed by atoms with Crippen LogP contribution < -0.4 is 10.6 Å². The minimum Gasteiger partial charge on any atom is -0.326 e. The Kier molecular flexibility index (Phi) is 5.03. The first-order chi connectivity index (χ1) is 8.65. The molecule has 1 aromatic rings. The number of hydrogen-bond acceptors (Lipinski definition) is 3. The first-order valence-electron chi connectivity index (χ1n) is 5.71. The van der Waals surface area contributed by atoms with E-state index in [1.165, 1.54) is 6.07 Å². The van der Waals surface area contributed by atoms with E-state index in [0.717, 1.165) is 18.1 Å². The Labute approximate surface area is 118 Å². The van der Waals surface area contributed by atoms with Gasteiger partial charge in [0, 0.05) is 36.2 Å². The van der Waals surface area contributed by atoms with Gasteiger partial charge in [-0.15, -0.1) is 0 Å². The summed E-state index contributed by atoms with van der Waals surface area (Å²) in [7, 11) is 0. The highest BCUT2D eigenvalue weighted by Crippen LogP contribution is 2.20. The molecule has 98 valence electrons. The third-order valence-electron chi connectivity index (χ3n) is 2.63. The average molecular weight is 333 g/mol. The predicted octanol–water partition coefficient (Wildman–Crippen LogP) is 2.62. The van der Waals surface area contributed by atoms with Crippen molar-refractivity contribution >= 4 is 39.3 Å². The highest BCUT2D eigenvalue weighted by Gasteiger charge is 2.16. The standard InChI is InChI=1S/C12H14BrFN2OS/c13-10-5-8(1-2-11(10)14)16-12(17)6-9-7-18-4-3-15-9/h1-2,5,9,15H,3-4,6-7H2,(H,16,17). The van der Waals surface area contributed by atoms with Crippen LogP contribution in [0.15, 0.2) is 22.7 Å². The third kappa shape index (κ3) is 3.96. The molecule has 0 bridgehead atoms. The van der Waals surface area contributed by atoms with E-state index in [4.69, 9.17) is 0 Å². The molecule has 6 heteroatoms. The minimum atomic E-state index is -0.335. The molecule has 0 saturated carbocycles. The van der Waals surface area contributed by atoms with Gasteiger partial charge in [-0.3, -0.25) is 4.79 Å². The number of carbonyl (C=O) groups is 1. The largest absolute Gasteiger partial charge is 0.326 e. The van der Waals surface area contributed by atoms with E-state index in [9.17, 15) is 9.18 Å². The molecular weight excluding hydrogens is 319 g/mol. The van der Waals surface area contributed by atoms with E-state index in [-0.39, 0.29) is 17.8 Å². The highest BCUT2D eigenvalue weighted by molar-refractivity contribution is 9.10. The van der Waals surface area contributed by atoms with Crippen LogP contribution in [0.25, 0.3) is 0 Å². The van der Waals surface area contributed by atoms with E-state index in [2.05, 4.69) is 26.6 Å². The van der Waals surface area contributed by atoms with Gasteiger partial charge >= 0.3 is 0 Å². The van der Waals surface area contributed by atoms with Crippen LogP contribution >= 0.6 is 27.7 Å². The summed E-state index contributed by atoms with van der Waals surface area (Å²) in [6.07, 6.45) is 0.446. The topological polar surface area (TPSA) is 41.1 Å². The van der Waals surface area contributed by atoms with E-state index in [0.29, 0.717) is 16.6 Å². The second-order valence-electron chi connectivity index (χ2n) is 4.11. The van der Waals surface area contributed by atoms with Crippen molar-refractivity contribution in [1.29, 1.82) is 0 Å². The highest BCUT2D eigenvalue weighted by atomic mass is 79.9. The fourth-order valence-electron chi connectivity index (χ4n) is 1.76. The normalized spacial score (nSPS) is 19.6. The number of hydrogen-bond donors (Lipinski definition) is 2. The first-order valence-corrected chi connectivity index (χ1v) is 7.66. The molecule has 1 aliphatic heterocycles. The lowest BCUT2D eigenvalue weighted by Crippen LogP contribution is -2.39. The predicted molar refractivity (Wildman–Crippen MR) is 76.5 cm³/mol. The molecule has 1 heterocycles. The maximum absolute atomic E-state index is 13.0. The fraction of sp³-hybridized carbons (Fsp3) is 0.417. The molecule has 1 aromatic carbocycles. The average Bonchev–Trinajstić information content (AvgIpc) is 2.35. The molecule has 1 aliphatic rings. The van der Waals surface area contributed by atoms with Crippen LogP contribution in [0.3, 0.4) is 0 Å². The zero-order chi connectivity index (χ0) is 13.0. The van der Waals surface area contributed by atoms with E-state index in [1.807, 2.05) is 11.8 Å². The van der Waals surface area contributed by atoms with Gasteiger partial charge in [0.25, 0.3) is 0 Å². The van der Waals surface area contributed by atoms with Crippen molar-refractivity contribution in [3.63, 3.8) is 0 Å². The summed E-state index contributed by atoms with van der Waals surface area (Å²) >= 11 is 4.95. The van der Waals surface area contributed by atoms with E-state index < -0.39 is 0 Å². The summed E-state index contributed by atoms with van der Waals surface area (Å²) in [4.78, 5) is 11.8. The SMILES string of the molecule is O=C(CC1CSCCN1)Nc1ccc(F)c(Br)c1. The van der Waals surface area contributed by atoms with Crippen molar-refractivity contribution in [2.75, 3.05) is 23.4 Å². The smallest absolute Gasteiger partial charge is 0.225 e. The summed E-state index contributed by atoms with van der Waals surface area (Å²) in [5.41, 5.74) is 0.608. The van der Waals surface area contributed by atoms with Gasteiger partial charge in [-0.25, -0.2) is 4.39 Å². The van der Waals surface area contributed by atoms with Gasteiger partial charge in [-0.2, -0.15) is 11.8 Å². The van der Waals surface area contributed by atoms with Gasteiger partial charge in [0.15, 0.2) is 0 Å². The van der Waals surface area contributed by atoms with Crippen molar-refractivity contribution < 1.29 is 9.18 Å². The number of rotatable bonds is 3. The van der Waals surface area contributed by atoms with E-state index >= 15 is 0 Å². The van der Waals surface area contributed by atoms with Gasteiger partial charge in [-0.05, 0) is 34.1 Å². The summed E-state index contributed by atoms with van der Waals surface area (Å²) in [6.45, 7) is 0.949. The number of thioether (sulfide) groups is 1. The number of carbonyl (C=O) groups excluding carboxylic acids is 1. The Hall–Kier alpha value is -0.590. The van der Waals surface area contributed by atoms with Gasteiger partial charge in [-0.1, -0.05) is 0 Å². The monoisotopic (exact) mass is 332 g/mol. The molecule has 0 aliphatic carbocycles. The summed E-state index contributed by atoms with van der Waals surface area (Å²) in [5, 5.41) is 6.08. The molecule has 1 saturated heterocycles. The Morgan fingerprint density at radius 2 is 2.44 bits per heavy atom. The quantitative estimate of drug-likeness (QED) is 0.894. The number of halogens is 2. The first kappa shape index (κ1) is 13.8. The van der Waals surface area contributed by atoms with Crippen molar-refractivity contribution in [3.8, 4) is 0 Å². The molecule has 1 atom stereocenters. The number of benzene rings is 1. The van der Waals surface area contributed by atoms with Crippen LogP contribution in [-0.4, -0.2) is 30.0 Å². The molecule has 0 spiro atoms. The minimum absolute atomic E-state index is 0.0477. The Bertz CT molecular complexity index is 438. The molecule has 1 fully saturated rings. The van der Waals surface area contributed by atoms with Crippen LogP contribution in [0.4, 0.5) is 10.1 Å². The summed E-state index contributed by atoms with van der Waals surface area (Å²) in [6, 6.07) is 4.68. The van der Waals surface area contributed by atoms with Crippen molar-refractivity contribution in [2.45, 2.75) is 12.5 Å². The fourth-order valence-corrected chi connectivity index (χ4v) is 3.09. The van der Waals surface area contributed by atoms with Crippen molar-refractivity contribution in [2.24, 2.45) is 0 Å². The van der Waals surface area contributed by atoms with Gasteiger partial charge in [0.1, 0.15) is 5.82 Å².